The van der Waals surface area contributed by atoms with Crippen LogP contribution in [0.15, 0.2) is 83.9 Å². The van der Waals surface area contributed by atoms with E-state index in [0.717, 1.165) is 28.8 Å². The number of aromatic nitrogens is 1. The van der Waals surface area contributed by atoms with Crippen LogP contribution < -0.4 is 4.74 Å². The van der Waals surface area contributed by atoms with E-state index in [2.05, 4.69) is 35.3 Å². The molecule has 1 N–H and O–H groups in total. The monoisotopic (exact) mass is 424 g/mol. The lowest BCUT2D eigenvalue weighted by molar-refractivity contribution is 0.460. The number of ether oxygens (including phenoxy) is 1. The molecule has 6 rings (SSSR count). The highest BCUT2D eigenvalue weighted by Gasteiger charge is 2.36. The lowest BCUT2D eigenvalue weighted by Crippen LogP contribution is -2.18. The van der Waals surface area contributed by atoms with Crippen LogP contribution in [0.3, 0.4) is 0 Å². The number of hydrogen-bond acceptors (Lipinski definition) is 5. The zero-order chi connectivity index (χ0) is 20.8. The SMILES string of the molecule is Oc1cccc2ccc(Oc3cccc(C4=N[C@H]5CCc6ccccc6[C@@H]5S4)c3)nc12. The van der Waals surface area contributed by atoms with Crippen molar-refractivity contribution >= 4 is 27.7 Å². The molecule has 152 valence electrons. The highest BCUT2D eigenvalue weighted by Crippen LogP contribution is 2.47. The average Bonchev–Trinajstić information content (AvgIpc) is 3.25. The van der Waals surface area contributed by atoms with Crippen molar-refractivity contribution < 1.29 is 9.84 Å². The molecule has 1 aliphatic heterocycles. The molecule has 31 heavy (non-hydrogen) atoms. The summed E-state index contributed by atoms with van der Waals surface area (Å²) in [6.07, 6.45) is 2.19. The van der Waals surface area contributed by atoms with Crippen LogP contribution in [0.5, 0.6) is 17.4 Å². The van der Waals surface area contributed by atoms with Crippen LogP contribution in [0.2, 0.25) is 0 Å². The highest BCUT2D eigenvalue weighted by molar-refractivity contribution is 8.15. The van der Waals surface area contributed by atoms with Crippen molar-refractivity contribution in [2.45, 2.75) is 24.1 Å². The van der Waals surface area contributed by atoms with Crippen molar-refractivity contribution in [1.82, 2.24) is 4.98 Å². The van der Waals surface area contributed by atoms with Gasteiger partial charge in [-0.05, 0) is 48.2 Å². The van der Waals surface area contributed by atoms with Gasteiger partial charge in [-0.25, -0.2) is 4.98 Å². The first-order chi connectivity index (χ1) is 15.2. The Morgan fingerprint density at radius 1 is 0.935 bits per heavy atom. The smallest absolute Gasteiger partial charge is 0.219 e. The summed E-state index contributed by atoms with van der Waals surface area (Å²) in [4.78, 5) is 9.53. The number of para-hydroxylation sites is 1. The van der Waals surface area contributed by atoms with Crippen LogP contribution in [-0.4, -0.2) is 21.2 Å². The van der Waals surface area contributed by atoms with E-state index in [0.29, 0.717) is 28.4 Å². The van der Waals surface area contributed by atoms with E-state index >= 15 is 0 Å². The van der Waals surface area contributed by atoms with Crippen molar-refractivity contribution in [2.24, 2.45) is 4.99 Å². The average molecular weight is 425 g/mol. The second-order valence-electron chi connectivity index (χ2n) is 7.91. The normalized spacial score (nSPS) is 19.5. The predicted molar refractivity (Wildman–Crippen MR) is 125 cm³/mol. The van der Waals surface area contributed by atoms with E-state index in [1.165, 1.54) is 11.1 Å². The Hall–Kier alpha value is -3.31. The standard InChI is InChI=1S/C26H20N2O2S/c29-22-10-4-6-17-12-14-23(28-24(17)22)30-19-8-3-7-18(15-19)26-27-21-13-11-16-5-1-2-9-20(16)25(21)31-26/h1-10,12,14-15,21,25,29H,11,13H2/t21-,25-/m0/s1. The molecule has 0 radical (unpaired) electrons. The number of fused-ring (bicyclic) bond motifs is 4. The minimum absolute atomic E-state index is 0.149. The van der Waals surface area contributed by atoms with E-state index < -0.39 is 0 Å². The van der Waals surface area contributed by atoms with E-state index in [-0.39, 0.29) is 5.75 Å². The molecular weight excluding hydrogens is 404 g/mol. The molecule has 4 nitrogen and oxygen atoms in total. The van der Waals surface area contributed by atoms with E-state index in [1.807, 2.05) is 48.2 Å². The minimum Gasteiger partial charge on any atom is -0.506 e. The summed E-state index contributed by atoms with van der Waals surface area (Å²) < 4.78 is 6.03. The largest absolute Gasteiger partial charge is 0.506 e. The molecule has 0 bridgehead atoms. The van der Waals surface area contributed by atoms with Crippen LogP contribution in [0.4, 0.5) is 0 Å². The fourth-order valence-electron chi connectivity index (χ4n) is 4.40. The Morgan fingerprint density at radius 3 is 2.81 bits per heavy atom. The number of benzene rings is 3. The van der Waals surface area contributed by atoms with Crippen molar-refractivity contribution in [1.29, 1.82) is 0 Å². The van der Waals surface area contributed by atoms with Gasteiger partial charge in [-0.1, -0.05) is 60.3 Å². The summed E-state index contributed by atoms with van der Waals surface area (Å²) in [7, 11) is 0. The first-order valence-electron chi connectivity index (χ1n) is 10.4. The number of aromatic hydroxyl groups is 1. The second-order valence-corrected chi connectivity index (χ2v) is 9.04. The third kappa shape index (κ3) is 3.35. The van der Waals surface area contributed by atoms with Gasteiger partial charge < -0.3 is 9.84 Å². The van der Waals surface area contributed by atoms with Crippen LogP contribution in [0.1, 0.15) is 28.4 Å². The molecular formula is C26H20N2O2S. The topological polar surface area (TPSA) is 54.7 Å². The minimum atomic E-state index is 0.149. The van der Waals surface area contributed by atoms with Crippen LogP contribution in [0.25, 0.3) is 10.9 Å². The van der Waals surface area contributed by atoms with Crippen LogP contribution in [-0.2, 0) is 6.42 Å². The van der Waals surface area contributed by atoms with Crippen molar-refractivity contribution in [2.75, 3.05) is 0 Å². The quantitative estimate of drug-likeness (QED) is 0.420. The Bertz CT molecular complexity index is 1330. The molecule has 2 heterocycles. The predicted octanol–water partition coefficient (Wildman–Crippen LogP) is 6.28. The van der Waals surface area contributed by atoms with Gasteiger partial charge in [0.25, 0.3) is 0 Å². The summed E-state index contributed by atoms with van der Waals surface area (Å²) in [6.45, 7) is 0. The zero-order valence-electron chi connectivity index (χ0n) is 16.7. The highest BCUT2D eigenvalue weighted by atomic mass is 32.2. The molecule has 0 unspecified atom stereocenters. The molecule has 2 aliphatic rings. The number of aliphatic imine (C=N–C) groups is 1. The van der Waals surface area contributed by atoms with Gasteiger partial charge in [0.05, 0.1) is 16.3 Å². The number of hydrogen-bond donors (Lipinski definition) is 1. The number of rotatable bonds is 3. The van der Waals surface area contributed by atoms with Gasteiger partial charge in [0.1, 0.15) is 17.0 Å². The summed E-state index contributed by atoms with van der Waals surface area (Å²) in [5.41, 5.74) is 4.48. The Balaban J connectivity index is 1.27. The van der Waals surface area contributed by atoms with Gasteiger partial charge >= 0.3 is 0 Å². The summed E-state index contributed by atoms with van der Waals surface area (Å²) in [5.74, 6) is 1.31. The van der Waals surface area contributed by atoms with Gasteiger partial charge in [0.15, 0.2) is 0 Å². The lowest BCUT2D eigenvalue weighted by Gasteiger charge is -2.25. The molecule has 4 aromatic rings. The first kappa shape index (κ1) is 18.5. The fourth-order valence-corrected chi connectivity index (χ4v) is 5.81. The molecule has 0 amide bonds. The molecule has 0 fully saturated rings. The van der Waals surface area contributed by atoms with Crippen LogP contribution in [0, 0.1) is 0 Å². The molecule has 0 saturated carbocycles. The number of aryl methyl sites for hydroxylation is 1. The summed E-state index contributed by atoms with van der Waals surface area (Å²) in [6, 6.07) is 26.2. The Kier molecular flexibility index (Phi) is 4.42. The maximum Gasteiger partial charge on any atom is 0.219 e. The van der Waals surface area contributed by atoms with Crippen molar-refractivity contribution in [3.63, 3.8) is 0 Å². The van der Waals surface area contributed by atoms with Gasteiger partial charge in [-0.3, -0.25) is 4.99 Å². The van der Waals surface area contributed by atoms with Crippen molar-refractivity contribution in [3.05, 3.63) is 95.6 Å². The lowest BCUT2D eigenvalue weighted by atomic mass is 9.88. The molecule has 0 spiro atoms. The molecule has 1 aromatic heterocycles. The summed E-state index contributed by atoms with van der Waals surface area (Å²) >= 11 is 1.85. The maximum atomic E-state index is 10.1. The zero-order valence-corrected chi connectivity index (χ0v) is 17.5. The van der Waals surface area contributed by atoms with Crippen molar-refractivity contribution in [3.8, 4) is 17.4 Å². The number of pyridine rings is 1. The third-order valence-electron chi connectivity index (χ3n) is 5.92. The molecule has 0 saturated heterocycles. The number of phenols is 1. The number of thioether (sulfide) groups is 1. The maximum absolute atomic E-state index is 10.1. The Labute approximate surface area is 184 Å². The van der Waals surface area contributed by atoms with E-state index in [4.69, 9.17) is 9.73 Å². The fraction of sp³-hybridized carbons (Fsp3) is 0.154. The van der Waals surface area contributed by atoms with E-state index in [9.17, 15) is 5.11 Å². The van der Waals surface area contributed by atoms with Crippen LogP contribution >= 0.6 is 11.8 Å². The number of phenolic OH excluding ortho intramolecular Hbond substituents is 1. The number of nitrogens with zero attached hydrogens (tertiary/aromatic N) is 2. The van der Waals surface area contributed by atoms with E-state index in [1.54, 1.807) is 12.1 Å². The summed E-state index contributed by atoms with van der Waals surface area (Å²) in [5, 5.41) is 12.4. The molecule has 3 aromatic carbocycles. The van der Waals surface area contributed by atoms with Gasteiger partial charge in [-0.15, -0.1) is 0 Å². The van der Waals surface area contributed by atoms with Gasteiger partial charge in [0.2, 0.25) is 5.88 Å². The first-order valence-corrected chi connectivity index (χ1v) is 11.3. The molecule has 5 heteroatoms. The molecule has 1 aliphatic carbocycles. The Morgan fingerprint density at radius 2 is 1.84 bits per heavy atom. The van der Waals surface area contributed by atoms with Gasteiger partial charge in [-0.2, -0.15) is 0 Å². The second kappa shape index (κ2) is 7.43. The molecule has 2 atom stereocenters. The third-order valence-corrected chi connectivity index (χ3v) is 7.31. The van der Waals surface area contributed by atoms with Gasteiger partial charge in [0, 0.05) is 17.0 Å².